The maximum atomic E-state index is 13.5. The molecule has 0 atom stereocenters. The van der Waals surface area contributed by atoms with Gasteiger partial charge in [-0.3, -0.25) is 14.5 Å². The Morgan fingerprint density at radius 2 is 1.69 bits per heavy atom. The van der Waals surface area contributed by atoms with Crippen molar-refractivity contribution in [3.05, 3.63) is 76.4 Å². The first-order chi connectivity index (χ1) is 17.4. The van der Waals surface area contributed by atoms with Gasteiger partial charge in [-0.1, -0.05) is 12.1 Å². The molecule has 1 aliphatic heterocycles. The molecule has 188 valence electrons. The van der Waals surface area contributed by atoms with Crippen molar-refractivity contribution in [3.8, 4) is 5.69 Å². The number of rotatable bonds is 5. The molecule has 2 aromatic carbocycles. The summed E-state index contributed by atoms with van der Waals surface area (Å²) in [6.07, 6.45) is 3.77. The predicted molar refractivity (Wildman–Crippen MR) is 137 cm³/mol. The topological polar surface area (TPSA) is 70.5 Å². The van der Waals surface area contributed by atoms with E-state index in [1.54, 1.807) is 12.1 Å². The van der Waals surface area contributed by atoms with Crippen LogP contribution in [-0.2, 0) is 17.6 Å². The Morgan fingerprint density at radius 1 is 0.972 bits per heavy atom. The molecule has 2 heterocycles. The second-order valence-corrected chi connectivity index (χ2v) is 9.73. The van der Waals surface area contributed by atoms with Crippen molar-refractivity contribution >= 4 is 17.5 Å². The number of aromatic nitrogens is 2. The minimum absolute atomic E-state index is 0.0458. The number of piperazine rings is 1. The van der Waals surface area contributed by atoms with E-state index in [-0.39, 0.29) is 17.6 Å². The highest BCUT2D eigenvalue weighted by Crippen LogP contribution is 2.28. The summed E-state index contributed by atoms with van der Waals surface area (Å²) in [5.74, 6) is -0.402. The normalized spacial score (nSPS) is 16.0. The molecule has 1 aliphatic carbocycles. The molecule has 3 aromatic rings. The predicted octanol–water partition coefficient (Wildman–Crippen LogP) is 3.90. The van der Waals surface area contributed by atoms with E-state index in [9.17, 15) is 14.0 Å². The Bertz CT molecular complexity index is 1280. The molecule has 2 aliphatic rings. The first-order valence-corrected chi connectivity index (χ1v) is 12.6. The van der Waals surface area contributed by atoms with Gasteiger partial charge in [-0.15, -0.1) is 0 Å². The molecule has 7 nitrogen and oxygen atoms in total. The lowest BCUT2D eigenvalue weighted by molar-refractivity contribution is -0.117. The maximum Gasteiger partial charge on any atom is 0.274 e. The van der Waals surface area contributed by atoms with E-state index in [0.29, 0.717) is 38.4 Å². The highest BCUT2D eigenvalue weighted by molar-refractivity contribution is 5.95. The third-order valence-corrected chi connectivity index (χ3v) is 7.36. The van der Waals surface area contributed by atoms with Gasteiger partial charge < -0.3 is 10.2 Å². The van der Waals surface area contributed by atoms with Crippen molar-refractivity contribution in [2.45, 2.75) is 39.5 Å². The first kappa shape index (κ1) is 24.2. The molecule has 5 rings (SSSR count). The van der Waals surface area contributed by atoms with Gasteiger partial charge in [0.15, 0.2) is 5.69 Å². The lowest BCUT2D eigenvalue weighted by Crippen LogP contribution is -2.50. The van der Waals surface area contributed by atoms with E-state index in [4.69, 9.17) is 5.10 Å². The average Bonchev–Trinajstić information content (AvgIpc) is 3.27. The van der Waals surface area contributed by atoms with Crippen LogP contribution in [0.3, 0.4) is 0 Å². The molecule has 1 aromatic heterocycles. The van der Waals surface area contributed by atoms with E-state index < -0.39 is 0 Å². The number of nitrogens with one attached hydrogen (secondary N) is 1. The maximum absolute atomic E-state index is 13.5. The Hall–Kier alpha value is -3.52. The molecular weight excluding hydrogens is 457 g/mol. The van der Waals surface area contributed by atoms with Crippen molar-refractivity contribution in [2.75, 3.05) is 38.0 Å². The van der Waals surface area contributed by atoms with Crippen LogP contribution in [0.15, 0.2) is 42.5 Å². The summed E-state index contributed by atoms with van der Waals surface area (Å²) in [4.78, 5) is 30.1. The summed E-state index contributed by atoms with van der Waals surface area (Å²) >= 11 is 0. The summed E-state index contributed by atoms with van der Waals surface area (Å²) < 4.78 is 15.3. The highest BCUT2D eigenvalue weighted by Gasteiger charge is 2.30. The number of anilines is 1. The summed E-state index contributed by atoms with van der Waals surface area (Å²) in [6, 6.07) is 12.1. The van der Waals surface area contributed by atoms with Gasteiger partial charge in [0.25, 0.3) is 5.91 Å². The summed E-state index contributed by atoms with van der Waals surface area (Å²) in [5, 5.41) is 7.74. The fourth-order valence-electron chi connectivity index (χ4n) is 5.10. The number of carbonyl (C=O) groups is 2. The Labute approximate surface area is 210 Å². The van der Waals surface area contributed by atoms with E-state index in [0.717, 1.165) is 59.4 Å². The van der Waals surface area contributed by atoms with E-state index in [1.165, 1.54) is 12.1 Å². The van der Waals surface area contributed by atoms with Crippen LogP contribution >= 0.6 is 0 Å². The van der Waals surface area contributed by atoms with Gasteiger partial charge in [0, 0.05) is 43.1 Å². The SMILES string of the molecule is Cc1cccc(NC(=O)CN2CCN(C(=O)c3nn(-c4ccc(F)cc4)c4c3CCCC4)CC2)c1C. The van der Waals surface area contributed by atoms with Gasteiger partial charge in [0.1, 0.15) is 5.82 Å². The number of nitrogens with zero attached hydrogens (tertiary/aromatic N) is 4. The van der Waals surface area contributed by atoms with Crippen molar-refractivity contribution < 1.29 is 14.0 Å². The number of amides is 2. The molecule has 8 heteroatoms. The lowest BCUT2D eigenvalue weighted by Gasteiger charge is -2.34. The van der Waals surface area contributed by atoms with Crippen LogP contribution in [0.4, 0.5) is 10.1 Å². The number of hydrogen-bond acceptors (Lipinski definition) is 4. The standard InChI is InChI=1S/C28H32FN5O2/c1-19-6-5-8-24(20(19)2)30-26(35)18-32-14-16-33(17-15-32)28(36)27-23-7-3-4-9-25(23)34(31-27)22-12-10-21(29)11-13-22/h5-6,8,10-13H,3-4,7,9,14-18H2,1-2H3,(H,30,35). The fourth-order valence-corrected chi connectivity index (χ4v) is 5.10. The van der Waals surface area contributed by atoms with Gasteiger partial charge in [0.05, 0.1) is 12.2 Å². The number of benzene rings is 2. The van der Waals surface area contributed by atoms with Crippen LogP contribution < -0.4 is 5.32 Å². The molecule has 1 fully saturated rings. The quantitative estimate of drug-likeness (QED) is 0.590. The van der Waals surface area contributed by atoms with Crippen LogP contribution in [-0.4, -0.2) is 64.1 Å². The number of halogens is 1. The van der Waals surface area contributed by atoms with Gasteiger partial charge >= 0.3 is 0 Å². The van der Waals surface area contributed by atoms with E-state index in [2.05, 4.69) is 10.2 Å². The number of carbonyl (C=O) groups excluding carboxylic acids is 2. The summed E-state index contributed by atoms with van der Waals surface area (Å²) in [5.41, 5.74) is 6.41. The zero-order valence-electron chi connectivity index (χ0n) is 20.9. The number of hydrogen-bond donors (Lipinski definition) is 1. The summed E-state index contributed by atoms with van der Waals surface area (Å²) in [6.45, 7) is 6.69. The molecular formula is C28H32FN5O2. The molecule has 2 amide bonds. The largest absolute Gasteiger partial charge is 0.335 e. The Balaban J connectivity index is 1.24. The molecule has 36 heavy (non-hydrogen) atoms. The Morgan fingerprint density at radius 3 is 2.44 bits per heavy atom. The van der Waals surface area contributed by atoms with Crippen molar-refractivity contribution in [1.29, 1.82) is 0 Å². The summed E-state index contributed by atoms with van der Waals surface area (Å²) in [7, 11) is 0. The second-order valence-electron chi connectivity index (χ2n) is 9.73. The molecule has 1 saturated heterocycles. The van der Waals surface area contributed by atoms with Gasteiger partial charge in [0.2, 0.25) is 5.91 Å². The first-order valence-electron chi connectivity index (χ1n) is 12.6. The lowest BCUT2D eigenvalue weighted by atomic mass is 9.95. The van der Waals surface area contributed by atoms with Gasteiger partial charge in [-0.05, 0) is 81.0 Å². The van der Waals surface area contributed by atoms with Gasteiger partial charge in [-0.25, -0.2) is 9.07 Å². The minimum Gasteiger partial charge on any atom is -0.335 e. The van der Waals surface area contributed by atoms with Crippen molar-refractivity contribution in [1.82, 2.24) is 19.6 Å². The van der Waals surface area contributed by atoms with Crippen molar-refractivity contribution in [3.63, 3.8) is 0 Å². The monoisotopic (exact) mass is 489 g/mol. The molecule has 0 bridgehead atoms. The Kier molecular flexibility index (Phi) is 6.87. The zero-order chi connectivity index (χ0) is 25.2. The third-order valence-electron chi connectivity index (χ3n) is 7.36. The fraction of sp³-hybridized carbons (Fsp3) is 0.393. The molecule has 0 unspecified atom stereocenters. The average molecular weight is 490 g/mol. The van der Waals surface area contributed by atoms with Crippen molar-refractivity contribution in [2.24, 2.45) is 0 Å². The van der Waals surface area contributed by atoms with Crippen LogP contribution in [0.1, 0.15) is 45.7 Å². The zero-order valence-corrected chi connectivity index (χ0v) is 20.9. The van der Waals surface area contributed by atoms with Gasteiger partial charge in [-0.2, -0.15) is 5.10 Å². The molecule has 0 saturated carbocycles. The van der Waals surface area contributed by atoms with Crippen LogP contribution in [0.25, 0.3) is 5.69 Å². The smallest absolute Gasteiger partial charge is 0.274 e. The van der Waals surface area contributed by atoms with Crippen LogP contribution in [0.5, 0.6) is 0 Å². The number of fused-ring (bicyclic) bond motifs is 1. The highest BCUT2D eigenvalue weighted by atomic mass is 19.1. The minimum atomic E-state index is -0.295. The molecule has 0 radical (unpaired) electrons. The van der Waals surface area contributed by atoms with Crippen LogP contribution in [0.2, 0.25) is 0 Å². The van der Waals surface area contributed by atoms with Crippen LogP contribution in [0, 0.1) is 19.7 Å². The van der Waals surface area contributed by atoms with E-state index >= 15 is 0 Å². The molecule has 1 N–H and O–H groups in total. The second kappa shape index (κ2) is 10.2. The van der Waals surface area contributed by atoms with E-state index in [1.807, 2.05) is 41.6 Å². The third kappa shape index (κ3) is 4.91. The molecule has 0 spiro atoms. The number of aryl methyl sites for hydroxylation is 1.